The molecule has 4 heterocycles. The van der Waals surface area contributed by atoms with Crippen LogP contribution in [0.4, 0.5) is 14.5 Å². The van der Waals surface area contributed by atoms with E-state index in [9.17, 15) is 5.26 Å². The maximum absolute atomic E-state index is 15.4. The van der Waals surface area contributed by atoms with Gasteiger partial charge in [-0.3, -0.25) is 10.1 Å². The average Bonchev–Trinajstić information content (AvgIpc) is 3.42. The SMILES string of the molecule is CN1CCN2c3ccc(-c4n[nH]c5cc(C#N)c(-c6c(F)cc(OCc7ccncc7)cc6F)cc45)cc3OCC2C1. The van der Waals surface area contributed by atoms with Crippen LogP contribution in [0.3, 0.4) is 0 Å². The Hall–Kier alpha value is -5.01. The van der Waals surface area contributed by atoms with Crippen LogP contribution in [0.5, 0.6) is 11.5 Å². The summed E-state index contributed by atoms with van der Waals surface area (Å²) in [6.07, 6.45) is 3.24. The van der Waals surface area contributed by atoms with Crippen molar-refractivity contribution >= 4 is 16.6 Å². The highest BCUT2D eigenvalue weighted by atomic mass is 19.1. The molecule has 1 saturated heterocycles. The van der Waals surface area contributed by atoms with Gasteiger partial charge < -0.3 is 19.3 Å². The number of anilines is 1. The number of pyridine rings is 1. The van der Waals surface area contributed by atoms with E-state index in [1.54, 1.807) is 36.7 Å². The molecule has 7 rings (SSSR count). The van der Waals surface area contributed by atoms with E-state index >= 15 is 8.78 Å². The first-order valence-corrected chi connectivity index (χ1v) is 13.6. The number of piperazine rings is 1. The molecule has 0 saturated carbocycles. The van der Waals surface area contributed by atoms with Gasteiger partial charge in [-0.25, -0.2) is 8.78 Å². The lowest BCUT2D eigenvalue weighted by atomic mass is 9.95. The molecule has 8 nitrogen and oxygen atoms in total. The van der Waals surface area contributed by atoms with Gasteiger partial charge in [-0.05, 0) is 49.0 Å². The monoisotopic (exact) mass is 564 g/mol. The molecule has 1 unspecified atom stereocenters. The first-order chi connectivity index (χ1) is 20.5. The topological polar surface area (TPSA) is 90.3 Å². The molecule has 3 aromatic carbocycles. The number of fused-ring (bicyclic) bond motifs is 4. The Bertz CT molecular complexity index is 1830. The van der Waals surface area contributed by atoms with E-state index in [4.69, 9.17) is 9.47 Å². The van der Waals surface area contributed by atoms with Crippen LogP contribution in [-0.4, -0.2) is 59.4 Å². The van der Waals surface area contributed by atoms with E-state index < -0.39 is 11.6 Å². The molecule has 0 spiro atoms. The quantitative estimate of drug-likeness (QED) is 0.300. The highest BCUT2D eigenvalue weighted by molar-refractivity contribution is 5.98. The van der Waals surface area contributed by atoms with E-state index in [1.165, 1.54) is 0 Å². The fraction of sp³-hybridized carbons (Fsp3) is 0.219. The summed E-state index contributed by atoms with van der Waals surface area (Å²) in [4.78, 5) is 8.65. The standard InChI is InChI=1S/C32H26F2N6O2/c1-39-8-9-40-22(16-39)18-42-30-11-20(2-3-29(30)40)32-25-14-24(21(15-35)10-28(25)37-38-32)31-26(33)12-23(13-27(31)34)41-17-19-4-6-36-7-5-19/h2-7,10-14,22H,8-9,16-18H2,1H3,(H,37,38). The largest absolute Gasteiger partial charge is 0.489 e. The van der Waals surface area contributed by atoms with Crippen LogP contribution in [0.15, 0.2) is 67.0 Å². The molecule has 5 aromatic rings. The molecule has 42 heavy (non-hydrogen) atoms. The number of halogens is 2. The molecule has 0 aliphatic carbocycles. The zero-order valence-electron chi connectivity index (χ0n) is 22.8. The third-order valence-electron chi connectivity index (χ3n) is 7.92. The number of likely N-dealkylation sites (N-methyl/N-ethyl adjacent to an activating group) is 1. The zero-order valence-corrected chi connectivity index (χ0v) is 22.8. The first-order valence-electron chi connectivity index (χ1n) is 13.6. The van der Waals surface area contributed by atoms with Gasteiger partial charge in [0.25, 0.3) is 0 Å². The molecule has 2 aromatic heterocycles. The van der Waals surface area contributed by atoms with Crippen molar-refractivity contribution in [3.8, 4) is 40.0 Å². The van der Waals surface area contributed by atoms with Crippen LogP contribution < -0.4 is 14.4 Å². The molecule has 10 heteroatoms. The highest BCUT2D eigenvalue weighted by Gasteiger charge is 2.32. The smallest absolute Gasteiger partial charge is 0.143 e. The number of rotatable bonds is 5. The summed E-state index contributed by atoms with van der Waals surface area (Å²) in [5, 5.41) is 18.0. The number of aromatic nitrogens is 3. The minimum absolute atomic E-state index is 0.0470. The zero-order chi connectivity index (χ0) is 28.8. The number of nitriles is 1. The molecule has 210 valence electrons. The Morgan fingerprint density at radius 2 is 1.88 bits per heavy atom. The predicted molar refractivity (Wildman–Crippen MR) is 154 cm³/mol. The summed E-state index contributed by atoms with van der Waals surface area (Å²) in [6, 6.07) is 17.3. The van der Waals surface area contributed by atoms with Gasteiger partial charge in [0.1, 0.15) is 42.0 Å². The van der Waals surface area contributed by atoms with E-state index in [1.807, 2.05) is 18.2 Å². The van der Waals surface area contributed by atoms with Gasteiger partial charge in [0, 0.05) is 60.7 Å². The van der Waals surface area contributed by atoms with Crippen LogP contribution in [0.1, 0.15) is 11.1 Å². The number of aromatic amines is 1. The maximum atomic E-state index is 15.4. The third kappa shape index (κ3) is 4.58. The lowest BCUT2D eigenvalue weighted by molar-refractivity contribution is 0.188. The molecule has 0 bridgehead atoms. The van der Waals surface area contributed by atoms with Gasteiger partial charge >= 0.3 is 0 Å². The summed E-state index contributed by atoms with van der Waals surface area (Å²) in [5.74, 6) is -0.836. The molecule has 1 fully saturated rings. The Balaban J connectivity index is 1.24. The number of nitrogens with one attached hydrogen (secondary N) is 1. The Morgan fingerprint density at radius 3 is 2.67 bits per heavy atom. The van der Waals surface area contributed by atoms with Gasteiger partial charge in [0.2, 0.25) is 0 Å². The summed E-state index contributed by atoms with van der Waals surface area (Å²) in [6.45, 7) is 3.58. The average molecular weight is 565 g/mol. The van der Waals surface area contributed by atoms with Crippen molar-refractivity contribution in [1.82, 2.24) is 20.1 Å². The second-order valence-electron chi connectivity index (χ2n) is 10.6. The highest BCUT2D eigenvalue weighted by Crippen LogP contribution is 2.41. The van der Waals surface area contributed by atoms with Crippen molar-refractivity contribution in [2.75, 3.05) is 38.2 Å². The van der Waals surface area contributed by atoms with Crippen molar-refractivity contribution in [3.63, 3.8) is 0 Å². The number of ether oxygens (including phenoxy) is 2. The number of hydrogen-bond acceptors (Lipinski definition) is 7. The second-order valence-corrected chi connectivity index (χ2v) is 10.6. The normalized spacial score (nSPS) is 16.4. The first kappa shape index (κ1) is 25.9. The van der Waals surface area contributed by atoms with Gasteiger partial charge in [0.15, 0.2) is 0 Å². The van der Waals surface area contributed by atoms with Crippen molar-refractivity contribution in [2.45, 2.75) is 12.6 Å². The van der Waals surface area contributed by atoms with E-state index in [-0.39, 0.29) is 29.0 Å². The minimum Gasteiger partial charge on any atom is -0.489 e. The molecule has 2 aliphatic rings. The van der Waals surface area contributed by atoms with E-state index in [0.29, 0.717) is 29.2 Å². The number of hydrogen-bond donors (Lipinski definition) is 1. The maximum Gasteiger partial charge on any atom is 0.143 e. The molecular formula is C32H26F2N6O2. The van der Waals surface area contributed by atoms with Crippen LogP contribution in [0.2, 0.25) is 0 Å². The number of benzene rings is 3. The van der Waals surface area contributed by atoms with Gasteiger partial charge in [-0.15, -0.1) is 0 Å². The second kappa shape index (κ2) is 10.4. The van der Waals surface area contributed by atoms with E-state index in [2.05, 4.69) is 38.1 Å². The van der Waals surface area contributed by atoms with Gasteiger partial charge in [-0.1, -0.05) is 6.07 Å². The number of H-pyrrole nitrogens is 1. The van der Waals surface area contributed by atoms with Crippen molar-refractivity contribution in [3.05, 3.63) is 89.8 Å². The molecular weight excluding hydrogens is 538 g/mol. The fourth-order valence-electron chi connectivity index (χ4n) is 5.79. The van der Waals surface area contributed by atoms with Crippen LogP contribution in [0.25, 0.3) is 33.3 Å². The minimum atomic E-state index is -0.829. The third-order valence-corrected chi connectivity index (χ3v) is 7.92. The van der Waals surface area contributed by atoms with Gasteiger partial charge in [-0.2, -0.15) is 10.4 Å². The van der Waals surface area contributed by atoms with Crippen LogP contribution in [0, 0.1) is 23.0 Å². The number of nitrogens with zero attached hydrogens (tertiary/aromatic N) is 5. The Morgan fingerprint density at radius 1 is 1.07 bits per heavy atom. The molecule has 0 amide bonds. The Kier molecular flexibility index (Phi) is 6.44. The summed E-state index contributed by atoms with van der Waals surface area (Å²) < 4.78 is 42.7. The molecule has 2 aliphatic heterocycles. The van der Waals surface area contributed by atoms with Crippen molar-refractivity contribution in [1.29, 1.82) is 5.26 Å². The summed E-state index contributed by atoms with van der Waals surface area (Å²) in [5.41, 5.74) is 3.80. The van der Waals surface area contributed by atoms with Crippen molar-refractivity contribution < 1.29 is 18.3 Å². The predicted octanol–water partition coefficient (Wildman–Crippen LogP) is 5.53. The molecule has 0 radical (unpaired) electrons. The lowest BCUT2D eigenvalue weighted by Crippen LogP contribution is -2.56. The van der Waals surface area contributed by atoms with E-state index in [0.717, 1.165) is 54.3 Å². The van der Waals surface area contributed by atoms with Crippen LogP contribution >= 0.6 is 0 Å². The van der Waals surface area contributed by atoms with Crippen LogP contribution in [-0.2, 0) is 6.61 Å². The molecule has 1 N–H and O–H groups in total. The summed E-state index contributed by atoms with van der Waals surface area (Å²) >= 11 is 0. The van der Waals surface area contributed by atoms with Gasteiger partial charge in [0.05, 0.1) is 34.4 Å². The van der Waals surface area contributed by atoms with Crippen molar-refractivity contribution in [2.24, 2.45) is 0 Å². The summed E-state index contributed by atoms with van der Waals surface area (Å²) in [7, 11) is 2.12. The fourth-order valence-corrected chi connectivity index (χ4v) is 5.79. The lowest BCUT2D eigenvalue weighted by Gasteiger charge is -2.44. The Labute approximate surface area is 240 Å². The molecule has 1 atom stereocenters.